The number of carbonyl (C=O) groups excluding carboxylic acids is 2. The summed E-state index contributed by atoms with van der Waals surface area (Å²) in [6.45, 7) is 11.0. The van der Waals surface area contributed by atoms with E-state index in [-0.39, 0.29) is 35.5 Å². The minimum absolute atomic E-state index is 0.00726. The normalized spacial score (nSPS) is 18.6. The first-order chi connectivity index (χ1) is 26.9. The number of guanidine groups is 1. The molecule has 0 spiro atoms. The number of nitrogens with one attached hydrogen (secondary N) is 2. The molecule has 58 heavy (non-hydrogen) atoms. The van der Waals surface area contributed by atoms with Crippen LogP contribution in [-0.2, 0) is 15.1 Å². The highest BCUT2D eigenvalue weighted by molar-refractivity contribution is 6.88. The average Bonchev–Trinajstić information content (AvgIpc) is 3.43. The molecule has 1 aliphatic carbocycles. The quantitative estimate of drug-likeness (QED) is 0.110. The van der Waals surface area contributed by atoms with Crippen molar-refractivity contribution < 1.29 is 46.2 Å². The lowest BCUT2D eigenvalue weighted by Gasteiger charge is -2.35. The lowest BCUT2D eigenvalue weighted by Crippen LogP contribution is -2.51. The minimum atomic E-state index is -4.78. The number of halogens is 6. The number of aliphatic imine (C=N–C) groups is 1. The van der Waals surface area contributed by atoms with Gasteiger partial charge in [0.25, 0.3) is 12.3 Å². The van der Waals surface area contributed by atoms with Crippen molar-refractivity contribution in [1.82, 2.24) is 45.3 Å². The molecule has 4 aromatic rings. The lowest BCUT2D eigenvalue weighted by atomic mass is 9.75. The number of nitrogens with zero attached hydrogens (tertiary/aromatic N) is 8. The second kappa shape index (κ2) is 15.1. The SMILES string of the molecule is CC(C)(C)C[C@]1(c2ccc(-n3cc([Si](C)(C)C)nn3)cc2)N=C(NC(=O)O)N(C(COC(=O)NC2(C(F)(F)F)CC2)c2ccc(Cl)c(-n3ncnc3C(F)F)c2)C1=O. The van der Waals surface area contributed by atoms with E-state index in [0.29, 0.717) is 11.3 Å². The van der Waals surface area contributed by atoms with Gasteiger partial charge in [-0.15, -0.1) is 5.10 Å². The van der Waals surface area contributed by atoms with Crippen molar-refractivity contribution in [2.45, 2.75) is 89.4 Å². The van der Waals surface area contributed by atoms with Crippen LogP contribution in [0.5, 0.6) is 0 Å². The third kappa shape index (κ3) is 8.40. The van der Waals surface area contributed by atoms with Crippen LogP contribution in [0.4, 0.5) is 31.5 Å². The Kier molecular flexibility index (Phi) is 10.9. The lowest BCUT2D eigenvalue weighted by molar-refractivity contribution is -0.164. The maximum Gasteiger partial charge on any atom is 0.411 e. The Bertz CT molecular complexity index is 2250. The second-order valence-corrected chi connectivity index (χ2v) is 21.8. The molecular weight excluding hydrogens is 811 g/mol. The molecule has 0 bridgehead atoms. The Morgan fingerprint density at radius 1 is 1.07 bits per heavy atom. The molecule has 1 unspecified atom stereocenters. The molecule has 22 heteroatoms. The summed E-state index contributed by atoms with van der Waals surface area (Å²) in [7, 11) is -1.81. The maximum atomic E-state index is 15.2. The molecule has 15 nitrogen and oxygen atoms in total. The number of rotatable bonds is 11. The molecule has 1 saturated carbocycles. The molecule has 6 rings (SSSR count). The van der Waals surface area contributed by atoms with Crippen LogP contribution in [-0.4, -0.2) is 90.2 Å². The van der Waals surface area contributed by atoms with Gasteiger partial charge in [-0.2, -0.15) is 18.3 Å². The first-order valence-corrected chi connectivity index (χ1v) is 21.8. The van der Waals surface area contributed by atoms with Crippen LogP contribution in [0.1, 0.15) is 69.5 Å². The monoisotopic (exact) mass is 850 g/mol. The van der Waals surface area contributed by atoms with Crippen molar-refractivity contribution in [2.75, 3.05) is 6.61 Å². The molecule has 2 aromatic carbocycles. The molecule has 2 atom stereocenters. The Labute approximate surface area is 334 Å². The third-order valence-electron chi connectivity index (χ3n) is 9.64. The predicted molar refractivity (Wildman–Crippen MR) is 202 cm³/mol. The van der Waals surface area contributed by atoms with Crippen LogP contribution in [0.3, 0.4) is 0 Å². The number of hydrogen-bond donors (Lipinski definition) is 3. The Morgan fingerprint density at radius 2 is 1.74 bits per heavy atom. The van der Waals surface area contributed by atoms with Crippen molar-refractivity contribution in [3.8, 4) is 11.4 Å². The minimum Gasteiger partial charge on any atom is -0.465 e. The summed E-state index contributed by atoms with van der Waals surface area (Å²) in [5.41, 5.74) is -4.13. The number of carboxylic acid groups (broad SMARTS) is 1. The first kappa shape index (κ1) is 42.2. The zero-order valence-electron chi connectivity index (χ0n) is 32.1. The van der Waals surface area contributed by atoms with Crippen LogP contribution >= 0.6 is 11.6 Å². The number of carbonyl (C=O) groups is 3. The van der Waals surface area contributed by atoms with Crippen LogP contribution in [0.25, 0.3) is 11.4 Å². The van der Waals surface area contributed by atoms with Gasteiger partial charge >= 0.3 is 18.4 Å². The molecule has 0 radical (unpaired) electrons. The third-order valence-corrected chi connectivity index (χ3v) is 11.7. The number of ether oxygens (including phenoxy) is 1. The highest BCUT2D eigenvalue weighted by Gasteiger charge is 2.65. The van der Waals surface area contributed by atoms with Gasteiger partial charge in [-0.3, -0.25) is 15.0 Å². The number of alkyl carbamates (subject to hydrolysis) is 1. The molecule has 3 amide bonds. The largest absolute Gasteiger partial charge is 0.465 e. The number of alkyl halides is 5. The van der Waals surface area contributed by atoms with E-state index >= 15 is 4.79 Å². The van der Waals surface area contributed by atoms with Crippen molar-refractivity contribution >= 4 is 49.0 Å². The highest BCUT2D eigenvalue weighted by Crippen LogP contribution is 2.49. The van der Waals surface area contributed by atoms with E-state index in [1.807, 2.05) is 32.3 Å². The highest BCUT2D eigenvalue weighted by atomic mass is 35.5. The van der Waals surface area contributed by atoms with Gasteiger partial charge in [0.1, 0.15) is 26.5 Å². The zero-order chi connectivity index (χ0) is 42.6. The molecular formula is C36H40ClF5N10O5Si. The summed E-state index contributed by atoms with van der Waals surface area (Å²) in [6.07, 6.45) is -9.02. The van der Waals surface area contributed by atoms with E-state index in [9.17, 15) is 36.6 Å². The van der Waals surface area contributed by atoms with Crippen LogP contribution in [0.15, 0.2) is 60.0 Å². The fourth-order valence-electron chi connectivity index (χ4n) is 6.64. The summed E-state index contributed by atoms with van der Waals surface area (Å²) < 4.78 is 76.9. The zero-order valence-corrected chi connectivity index (χ0v) is 33.9. The fourth-order valence-corrected chi connectivity index (χ4v) is 7.69. The smallest absolute Gasteiger partial charge is 0.411 e. The van der Waals surface area contributed by atoms with Crippen LogP contribution < -0.4 is 16.0 Å². The van der Waals surface area contributed by atoms with Crippen LogP contribution in [0, 0.1) is 5.41 Å². The number of amides is 3. The van der Waals surface area contributed by atoms with Gasteiger partial charge in [0.05, 0.1) is 27.8 Å². The Hall–Kier alpha value is -5.44. The maximum absolute atomic E-state index is 15.2. The number of aromatic nitrogens is 6. The first-order valence-electron chi connectivity index (χ1n) is 17.9. The molecule has 3 heterocycles. The van der Waals surface area contributed by atoms with Crippen molar-refractivity contribution in [1.29, 1.82) is 0 Å². The molecule has 3 N–H and O–H groups in total. The van der Waals surface area contributed by atoms with E-state index in [1.165, 1.54) is 18.2 Å². The Morgan fingerprint density at radius 3 is 2.29 bits per heavy atom. The van der Waals surface area contributed by atoms with Gasteiger partial charge in [0.15, 0.2) is 11.4 Å². The van der Waals surface area contributed by atoms with Gasteiger partial charge in [-0.05, 0) is 60.1 Å². The summed E-state index contributed by atoms with van der Waals surface area (Å²) in [5.74, 6) is -2.08. The topological polar surface area (TPSA) is 182 Å². The molecule has 1 fully saturated rings. The van der Waals surface area contributed by atoms with E-state index in [0.717, 1.165) is 21.2 Å². The van der Waals surface area contributed by atoms with E-state index < -0.39 is 79.7 Å². The molecule has 0 saturated heterocycles. The number of benzene rings is 2. The van der Waals surface area contributed by atoms with Gasteiger partial charge in [0, 0.05) is 6.20 Å². The van der Waals surface area contributed by atoms with Gasteiger partial charge in [-0.1, -0.05) is 75.4 Å². The summed E-state index contributed by atoms with van der Waals surface area (Å²) in [4.78, 5) is 49.8. The Balaban J connectivity index is 1.46. The van der Waals surface area contributed by atoms with E-state index in [2.05, 4.69) is 45.4 Å². The summed E-state index contributed by atoms with van der Waals surface area (Å²) in [6, 6.07) is 9.01. The van der Waals surface area contributed by atoms with Crippen LogP contribution in [0.2, 0.25) is 24.7 Å². The van der Waals surface area contributed by atoms with E-state index in [4.69, 9.17) is 21.3 Å². The van der Waals surface area contributed by atoms with Crippen molar-refractivity contribution in [3.63, 3.8) is 0 Å². The van der Waals surface area contributed by atoms with Crippen molar-refractivity contribution in [3.05, 3.63) is 77.0 Å². The molecule has 1 aliphatic heterocycles. The molecule has 2 aromatic heterocycles. The average molecular weight is 851 g/mol. The number of hydrogen-bond acceptors (Lipinski definition) is 9. The van der Waals surface area contributed by atoms with Crippen molar-refractivity contribution in [2.24, 2.45) is 10.4 Å². The van der Waals surface area contributed by atoms with Gasteiger partial charge in [-0.25, -0.2) is 37.7 Å². The standard InChI is InChI=1S/C36H40ClF5N10O5Si/c1-33(2,3)18-35(21-8-10-22(11-9-21)50-16-26(48-49-50)58(4,5)6)29(53)51(30(46-35)45-31(54)55)25(17-57-32(56)47-34(13-14-34)36(40,41)42)20-7-12-23(37)24(15-20)52-28(27(38)39)43-19-44-52/h7-12,15-16,19,25,27H,13-14,17-18H2,1-6H3,(H,45,46)(H,47,56)(H,54,55)/t25?,35-/m1/s1. The summed E-state index contributed by atoms with van der Waals surface area (Å²) in [5, 5.41) is 27.2. The van der Waals surface area contributed by atoms with Gasteiger partial charge < -0.3 is 15.2 Å². The van der Waals surface area contributed by atoms with Gasteiger partial charge in [0.2, 0.25) is 5.96 Å². The molecule has 310 valence electrons. The predicted octanol–water partition coefficient (Wildman–Crippen LogP) is 6.64. The molecule has 2 aliphatic rings. The second-order valence-electron chi connectivity index (χ2n) is 16.3. The fraction of sp³-hybridized carbons (Fsp3) is 0.444. The summed E-state index contributed by atoms with van der Waals surface area (Å²) >= 11 is 6.45. The van der Waals surface area contributed by atoms with E-state index in [1.54, 1.807) is 28.9 Å².